The minimum atomic E-state index is -0.154. The molecule has 1 amide bonds. The van der Waals surface area contributed by atoms with Crippen LogP contribution >= 0.6 is 23.1 Å². The molecule has 3 aromatic rings. The van der Waals surface area contributed by atoms with Gasteiger partial charge >= 0.3 is 0 Å². The standard InChI is InChI=1S/C32H39N5O2S2/c1-5-17-37-29(21-11-14-24(15-12-21)39-23-9-7-8-10-23)35-36-31(37)40-20-28(38)34-30-26(19-33)25-16-13-22(18-27(25)41-30)32(3,4)6-2/h5,11-12,14-15,22-23H,1,6-10,13,16-18,20H2,2-4H3,(H,34,38). The molecule has 1 aromatic carbocycles. The van der Waals surface area contributed by atoms with Crippen molar-refractivity contribution in [3.63, 3.8) is 0 Å². The number of benzene rings is 1. The Bertz CT molecular complexity index is 1430. The summed E-state index contributed by atoms with van der Waals surface area (Å²) in [6, 6.07) is 10.3. The monoisotopic (exact) mass is 589 g/mol. The van der Waals surface area contributed by atoms with E-state index in [0.717, 1.165) is 61.2 Å². The van der Waals surface area contributed by atoms with Crippen LogP contribution in [0.5, 0.6) is 5.75 Å². The predicted molar refractivity (Wildman–Crippen MR) is 167 cm³/mol. The van der Waals surface area contributed by atoms with Crippen LogP contribution in [0.4, 0.5) is 5.00 Å². The number of amides is 1. The summed E-state index contributed by atoms with van der Waals surface area (Å²) in [5.41, 5.74) is 2.95. The van der Waals surface area contributed by atoms with Crippen LogP contribution in [0.1, 0.15) is 75.3 Å². The maximum absolute atomic E-state index is 13.0. The van der Waals surface area contributed by atoms with E-state index in [1.54, 1.807) is 17.4 Å². The van der Waals surface area contributed by atoms with Crippen molar-refractivity contribution in [1.29, 1.82) is 5.26 Å². The van der Waals surface area contributed by atoms with Gasteiger partial charge in [0.25, 0.3) is 0 Å². The molecule has 216 valence electrons. The Morgan fingerprint density at radius 3 is 2.71 bits per heavy atom. The molecule has 2 aliphatic rings. The highest BCUT2D eigenvalue weighted by Crippen LogP contribution is 2.45. The van der Waals surface area contributed by atoms with E-state index >= 15 is 0 Å². The first-order valence-corrected chi connectivity index (χ1v) is 16.4. The van der Waals surface area contributed by atoms with E-state index < -0.39 is 0 Å². The number of hydrogen-bond acceptors (Lipinski definition) is 7. The normalized spacial score (nSPS) is 17.2. The lowest BCUT2D eigenvalue weighted by Crippen LogP contribution is -2.28. The molecule has 1 N–H and O–H groups in total. The summed E-state index contributed by atoms with van der Waals surface area (Å²) in [5, 5.41) is 23.1. The third kappa shape index (κ3) is 6.54. The molecule has 0 saturated heterocycles. The number of ether oxygens (including phenoxy) is 1. The lowest BCUT2D eigenvalue weighted by atomic mass is 9.69. The minimum Gasteiger partial charge on any atom is -0.490 e. The van der Waals surface area contributed by atoms with Gasteiger partial charge in [-0.1, -0.05) is 45.0 Å². The van der Waals surface area contributed by atoms with Crippen molar-refractivity contribution < 1.29 is 9.53 Å². The first-order chi connectivity index (χ1) is 19.8. The molecule has 0 spiro atoms. The summed E-state index contributed by atoms with van der Waals surface area (Å²) in [6.07, 6.45) is 10.9. The molecule has 0 radical (unpaired) electrons. The van der Waals surface area contributed by atoms with Crippen molar-refractivity contribution in [2.75, 3.05) is 11.1 Å². The number of allylic oxidation sites excluding steroid dienone is 1. The number of thiophene rings is 1. The van der Waals surface area contributed by atoms with Crippen molar-refractivity contribution in [3.8, 4) is 23.2 Å². The van der Waals surface area contributed by atoms with Crippen LogP contribution in [0.25, 0.3) is 11.4 Å². The fraction of sp³-hybridized carbons (Fsp3) is 0.500. The molecule has 1 unspecified atom stereocenters. The average molecular weight is 590 g/mol. The largest absolute Gasteiger partial charge is 0.490 e. The van der Waals surface area contributed by atoms with Crippen molar-refractivity contribution in [2.45, 2.75) is 89.9 Å². The number of nitrogens with zero attached hydrogens (tertiary/aromatic N) is 4. The van der Waals surface area contributed by atoms with Crippen LogP contribution in [0, 0.1) is 22.7 Å². The fourth-order valence-corrected chi connectivity index (χ4v) is 7.87. The number of nitriles is 1. The van der Waals surface area contributed by atoms with Gasteiger partial charge in [-0.05, 0) is 86.1 Å². The highest BCUT2D eigenvalue weighted by atomic mass is 32.2. The van der Waals surface area contributed by atoms with Gasteiger partial charge in [-0.3, -0.25) is 9.36 Å². The van der Waals surface area contributed by atoms with E-state index in [9.17, 15) is 10.1 Å². The smallest absolute Gasteiger partial charge is 0.235 e. The van der Waals surface area contributed by atoms with E-state index in [0.29, 0.717) is 34.3 Å². The Hall–Kier alpha value is -3.09. The highest BCUT2D eigenvalue weighted by Gasteiger charge is 2.34. The molecule has 9 heteroatoms. The Morgan fingerprint density at radius 2 is 2.02 bits per heavy atom. The number of rotatable bonds is 11. The van der Waals surface area contributed by atoms with Gasteiger partial charge in [0.15, 0.2) is 11.0 Å². The molecule has 2 aromatic heterocycles. The molecule has 0 bridgehead atoms. The third-order valence-electron chi connectivity index (χ3n) is 8.72. The number of carbonyl (C=O) groups is 1. The van der Waals surface area contributed by atoms with Gasteiger partial charge in [0.05, 0.1) is 17.4 Å². The third-order valence-corrected chi connectivity index (χ3v) is 10.9. The van der Waals surface area contributed by atoms with Gasteiger partial charge in [-0.2, -0.15) is 5.26 Å². The Labute approximate surface area is 251 Å². The summed E-state index contributed by atoms with van der Waals surface area (Å²) in [6.45, 7) is 11.3. The molecular weight excluding hydrogens is 551 g/mol. The van der Waals surface area contributed by atoms with Crippen molar-refractivity contribution >= 4 is 34.0 Å². The zero-order chi connectivity index (χ0) is 29.0. The number of aromatic nitrogens is 3. The van der Waals surface area contributed by atoms with Crippen LogP contribution < -0.4 is 10.1 Å². The van der Waals surface area contributed by atoms with Gasteiger partial charge in [0.2, 0.25) is 5.91 Å². The second-order valence-electron chi connectivity index (χ2n) is 11.7. The van der Waals surface area contributed by atoms with Gasteiger partial charge in [-0.25, -0.2) is 0 Å². The van der Waals surface area contributed by atoms with Crippen LogP contribution in [0.15, 0.2) is 42.1 Å². The zero-order valence-corrected chi connectivity index (χ0v) is 25.9. The van der Waals surface area contributed by atoms with Crippen LogP contribution in [0.2, 0.25) is 0 Å². The quantitative estimate of drug-likeness (QED) is 0.182. The second kappa shape index (κ2) is 12.8. The van der Waals surface area contributed by atoms with E-state index in [4.69, 9.17) is 4.74 Å². The lowest BCUT2D eigenvalue weighted by Gasteiger charge is -2.36. The summed E-state index contributed by atoms with van der Waals surface area (Å²) in [7, 11) is 0. The maximum Gasteiger partial charge on any atom is 0.235 e. The molecule has 5 rings (SSSR count). The molecule has 1 atom stereocenters. The van der Waals surface area contributed by atoms with Gasteiger partial charge in [0, 0.05) is 17.0 Å². The fourth-order valence-electron chi connectivity index (χ4n) is 5.82. The van der Waals surface area contributed by atoms with Crippen LogP contribution in [-0.2, 0) is 24.2 Å². The summed E-state index contributed by atoms with van der Waals surface area (Å²) < 4.78 is 8.07. The van der Waals surface area contributed by atoms with Gasteiger partial charge in [0.1, 0.15) is 16.8 Å². The molecule has 2 aliphatic carbocycles. The summed E-state index contributed by atoms with van der Waals surface area (Å²) >= 11 is 2.91. The van der Waals surface area contributed by atoms with E-state index in [2.05, 4.69) is 48.9 Å². The average Bonchev–Trinajstić information content (AvgIpc) is 3.71. The molecule has 1 fully saturated rings. The summed E-state index contributed by atoms with van der Waals surface area (Å²) in [4.78, 5) is 14.3. The highest BCUT2D eigenvalue weighted by molar-refractivity contribution is 7.99. The van der Waals surface area contributed by atoms with E-state index in [1.807, 2.05) is 28.8 Å². The summed E-state index contributed by atoms with van der Waals surface area (Å²) in [5.74, 6) is 2.20. The van der Waals surface area contributed by atoms with Crippen LogP contribution in [0.3, 0.4) is 0 Å². The predicted octanol–water partition coefficient (Wildman–Crippen LogP) is 7.66. The van der Waals surface area contributed by atoms with Gasteiger partial charge in [-0.15, -0.1) is 28.1 Å². The number of thioether (sulfide) groups is 1. The Kier molecular flexibility index (Phi) is 9.20. The molecular formula is C32H39N5O2S2. The van der Waals surface area contributed by atoms with Crippen molar-refractivity contribution in [2.24, 2.45) is 11.3 Å². The Balaban J connectivity index is 1.24. The lowest BCUT2D eigenvalue weighted by molar-refractivity contribution is -0.113. The SMILES string of the molecule is C=CCn1c(SCC(=O)Nc2sc3c(c2C#N)CCC(C(C)(C)CC)C3)nnc1-c1ccc(OC2CCCC2)cc1. The maximum atomic E-state index is 13.0. The molecule has 1 saturated carbocycles. The van der Waals surface area contributed by atoms with E-state index in [1.165, 1.54) is 29.5 Å². The van der Waals surface area contributed by atoms with E-state index in [-0.39, 0.29) is 17.1 Å². The number of carbonyl (C=O) groups excluding carboxylic acids is 1. The molecule has 41 heavy (non-hydrogen) atoms. The Morgan fingerprint density at radius 1 is 1.27 bits per heavy atom. The second-order valence-corrected chi connectivity index (χ2v) is 13.7. The minimum absolute atomic E-state index is 0.154. The molecule has 2 heterocycles. The number of nitrogens with one attached hydrogen (secondary N) is 1. The van der Waals surface area contributed by atoms with Crippen LogP contribution in [-0.4, -0.2) is 32.5 Å². The number of hydrogen-bond donors (Lipinski definition) is 1. The topological polar surface area (TPSA) is 92.8 Å². The molecule has 0 aliphatic heterocycles. The number of fused-ring (bicyclic) bond motifs is 1. The van der Waals surface area contributed by atoms with Crippen molar-refractivity contribution in [3.05, 3.63) is 52.9 Å². The zero-order valence-electron chi connectivity index (χ0n) is 24.2. The first kappa shape index (κ1) is 29.4. The number of anilines is 1. The molecule has 7 nitrogen and oxygen atoms in total. The first-order valence-electron chi connectivity index (χ1n) is 14.6. The van der Waals surface area contributed by atoms with Gasteiger partial charge < -0.3 is 10.1 Å². The van der Waals surface area contributed by atoms with Crippen molar-refractivity contribution in [1.82, 2.24) is 14.8 Å².